The minimum Gasteiger partial charge on any atom is -0.265 e. The molecule has 0 spiro atoms. The molecule has 4 rings (SSSR count). The quantitative estimate of drug-likeness (QED) is 0.496. The second-order valence-corrected chi connectivity index (χ2v) is 6.16. The van der Waals surface area contributed by atoms with Gasteiger partial charge in [0.25, 0.3) is 0 Å². The number of rotatable bonds is 3. The van der Waals surface area contributed by atoms with Crippen molar-refractivity contribution in [3.8, 4) is 32.3 Å². The number of aromatic nitrogens is 2. The summed E-state index contributed by atoms with van der Waals surface area (Å²) < 4.78 is 0. The van der Waals surface area contributed by atoms with Crippen molar-refractivity contribution in [3.63, 3.8) is 0 Å². The first-order chi connectivity index (χ1) is 11.4. The molecule has 0 aliphatic carbocycles. The van der Waals surface area contributed by atoms with Gasteiger partial charge in [0.2, 0.25) is 0 Å². The van der Waals surface area contributed by atoms with Crippen LogP contribution in [-0.4, -0.2) is 9.97 Å². The molecule has 0 N–H and O–H groups in total. The van der Waals surface area contributed by atoms with Crippen LogP contribution in [0.15, 0.2) is 85.2 Å². The molecule has 4 aromatic rings. The number of hydrogen-bond acceptors (Lipinski definition) is 3. The van der Waals surface area contributed by atoms with Crippen molar-refractivity contribution in [1.82, 2.24) is 9.97 Å². The summed E-state index contributed by atoms with van der Waals surface area (Å²) in [6, 6.07) is 24.7. The van der Waals surface area contributed by atoms with E-state index < -0.39 is 0 Å². The highest BCUT2D eigenvalue weighted by Gasteiger charge is 2.15. The van der Waals surface area contributed by atoms with Gasteiger partial charge in [-0.2, -0.15) is 0 Å². The van der Waals surface area contributed by atoms with E-state index in [1.165, 1.54) is 4.88 Å². The van der Waals surface area contributed by atoms with Crippen LogP contribution in [0.4, 0.5) is 0 Å². The van der Waals surface area contributed by atoms with Crippen LogP contribution in [0.2, 0.25) is 0 Å². The Hall–Kier alpha value is -2.78. The van der Waals surface area contributed by atoms with Gasteiger partial charge >= 0.3 is 0 Å². The molecule has 110 valence electrons. The standard InChI is InChI=1S/C20H14N2S/c1-3-7-15(8-4-1)18-19(16-11-13-21-14-12-16)23-20(22-18)17-9-5-2-6-10-17/h1-14H. The maximum atomic E-state index is 4.93. The number of nitrogens with zero attached hydrogens (tertiary/aromatic N) is 2. The molecular formula is C20H14N2S. The molecule has 0 saturated heterocycles. The van der Waals surface area contributed by atoms with Gasteiger partial charge in [0.05, 0.1) is 10.6 Å². The Morgan fingerprint density at radius 3 is 1.87 bits per heavy atom. The molecule has 0 atom stereocenters. The summed E-state index contributed by atoms with van der Waals surface area (Å²) in [7, 11) is 0. The van der Waals surface area contributed by atoms with Crippen LogP contribution in [0, 0.1) is 0 Å². The van der Waals surface area contributed by atoms with Gasteiger partial charge in [0, 0.05) is 23.5 Å². The number of benzene rings is 2. The normalized spacial score (nSPS) is 10.6. The average molecular weight is 314 g/mol. The first kappa shape index (κ1) is 13.9. The van der Waals surface area contributed by atoms with Crippen molar-refractivity contribution in [2.24, 2.45) is 0 Å². The Kier molecular flexibility index (Phi) is 3.70. The van der Waals surface area contributed by atoms with Gasteiger partial charge in [-0.05, 0) is 17.7 Å². The second kappa shape index (κ2) is 6.15. The molecule has 0 unspecified atom stereocenters. The van der Waals surface area contributed by atoms with Crippen molar-refractivity contribution in [1.29, 1.82) is 0 Å². The smallest absolute Gasteiger partial charge is 0.124 e. The summed E-state index contributed by atoms with van der Waals surface area (Å²) in [6.45, 7) is 0. The second-order valence-electron chi connectivity index (χ2n) is 5.16. The van der Waals surface area contributed by atoms with Crippen molar-refractivity contribution in [2.75, 3.05) is 0 Å². The predicted molar refractivity (Wildman–Crippen MR) is 96.2 cm³/mol. The predicted octanol–water partition coefficient (Wildman–Crippen LogP) is 5.54. The lowest BCUT2D eigenvalue weighted by Gasteiger charge is -2.01. The van der Waals surface area contributed by atoms with E-state index in [-0.39, 0.29) is 0 Å². The summed E-state index contributed by atoms with van der Waals surface area (Å²) in [5.74, 6) is 0. The van der Waals surface area contributed by atoms with Gasteiger partial charge in [-0.15, -0.1) is 11.3 Å². The summed E-state index contributed by atoms with van der Waals surface area (Å²) in [5, 5.41) is 1.04. The monoisotopic (exact) mass is 314 g/mol. The SMILES string of the molecule is c1ccc(-c2nc(-c3ccccc3)c(-c3ccncc3)s2)cc1. The molecule has 0 saturated carbocycles. The lowest BCUT2D eigenvalue weighted by atomic mass is 10.1. The van der Waals surface area contributed by atoms with E-state index in [1.54, 1.807) is 11.3 Å². The van der Waals surface area contributed by atoms with Crippen molar-refractivity contribution < 1.29 is 0 Å². The average Bonchev–Trinajstić information content (AvgIpc) is 3.09. The molecule has 2 nitrogen and oxygen atoms in total. The zero-order valence-corrected chi connectivity index (χ0v) is 13.2. The highest BCUT2D eigenvalue weighted by Crippen LogP contribution is 2.40. The fourth-order valence-corrected chi connectivity index (χ4v) is 3.61. The number of hydrogen-bond donors (Lipinski definition) is 0. The van der Waals surface area contributed by atoms with Gasteiger partial charge < -0.3 is 0 Å². The van der Waals surface area contributed by atoms with Crippen molar-refractivity contribution in [2.45, 2.75) is 0 Å². The lowest BCUT2D eigenvalue weighted by molar-refractivity contribution is 1.33. The summed E-state index contributed by atoms with van der Waals surface area (Å²) in [4.78, 5) is 10.2. The lowest BCUT2D eigenvalue weighted by Crippen LogP contribution is -1.82. The molecule has 2 aromatic carbocycles. The first-order valence-electron chi connectivity index (χ1n) is 7.44. The van der Waals surface area contributed by atoms with Crippen LogP contribution >= 0.6 is 11.3 Å². The maximum absolute atomic E-state index is 4.93. The molecule has 2 aromatic heterocycles. The van der Waals surface area contributed by atoms with Gasteiger partial charge in [-0.25, -0.2) is 4.98 Å². The highest BCUT2D eigenvalue weighted by atomic mass is 32.1. The molecule has 0 fully saturated rings. The Morgan fingerprint density at radius 1 is 0.609 bits per heavy atom. The molecule has 0 aliphatic rings. The Morgan fingerprint density at radius 2 is 1.22 bits per heavy atom. The zero-order valence-electron chi connectivity index (χ0n) is 12.4. The van der Waals surface area contributed by atoms with Gasteiger partial charge in [-0.1, -0.05) is 60.7 Å². The minimum absolute atomic E-state index is 1.03. The summed E-state index contributed by atoms with van der Waals surface area (Å²) in [6.07, 6.45) is 3.65. The Labute approximate surface area is 139 Å². The van der Waals surface area contributed by atoms with Crippen LogP contribution in [0.3, 0.4) is 0 Å². The molecule has 0 aliphatic heterocycles. The van der Waals surface area contributed by atoms with E-state index in [1.807, 2.05) is 60.9 Å². The van der Waals surface area contributed by atoms with Gasteiger partial charge in [0.15, 0.2) is 0 Å². The third-order valence-corrected chi connectivity index (χ3v) is 4.79. The topological polar surface area (TPSA) is 25.8 Å². The summed E-state index contributed by atoms with van der Waals surface area (Å²) >= 11 is 1.72. The van der Waals surface area contributed by atoms with E-state index >= 15 is 0 Å². The zero-order chi connectivity index (χ0) is 15.5. The van der Waals surface area contributed by atoms with Crippen LogP contribution in [0.5, 0.6) is 0 Å². The molecule has 0 radical (unpaired) electrons. The van der Waals surface area contributed by atoms with E-state index in [4.69, 9.17) is 4.98 Å². The fourth-order valence-electron chi connectivity index (χ4n) is 2.51. The van der Waals surface area contributed by atoms with E-state index in [0.29, 0.717) is 0 Å². The third kappa shape index (κ3) is 2.79. The molecule has 0 bridgehead atoms. The van der Waals surface area contributed by atoms with Gasteiger partial charge in [-0.3, -0.25) is 4.98 Å². The van der Waals surface area contributed by atoms with Crippen LogP contribution in [-0.2, 0) is 0 Å². The van der Waals surface area contributed by atoms with Crippen LogP contribution < -0.4 is 0 Å². The first-order valence-corrected chi connectivity index (χ1v) is 8.25. The molecule has 23 heavy (non-hydrogen) atoms. The van der Waals surface area contributed by atoms with Crippen LogP contribution in [0.1, 0.15) is 0 Å². The van der Waals surface area contributed by atoms with Crippen molar-refractivity contribution >= 4 is 11.3 Å². The molecular weight excluding hydrogens is 300 g/mol. The largest absolute Gasteiger partial charge is 0.265 e. The molecule has 0 amide bonds. The highest BCUT2D eigenvalue weighted by molar-refractivity contribution is 7.19. The molecule has 3 heteroatoms. The van der Waals surface area contributed by atoms with Crippen LogP contribution in [0.25, 0.3) is 32.3 Å². The number of thiazole rings is 1. The van der Waals surface area contributed by atoms with E-state index in [2.05, 4.69) is 29.2 Å². The third-order valence-electron chi connectivity index (χ3n) is 3.64. The van der Waals surface area contributed by atoms with Crippen molar-refractivity contribution in [3.05, 3.63) is 85.2 Å². The molecule has 2 heterocycles. The van der Waals surface area contributed by atoms with Gasteiger partial charge in [0.1, 0.15) is 5.01 Å². The number of pyridine rings is 1. The van der Waals surface area contributed by atoms with E-state index in [9.17, 15) is 0 Å². The maximum Gasteiger partial charge on any atom is 0.124 e. The fraction of sp³-hybridized carbons (Fsp3) is 0. The minimum atomic E-state index is 1.03. The Bertz CT molecular complexity index is 843. The Balaban J connectivity index is 1.91. The summed E-state index contributed by atoms with van der Waals surface area (Å²) in [5.41, 5.74) is 4.46. The van der Waals surface area contributed by atoms with E-state index in [0.717, 1.165) is 27.4 Å².